The number of nitrogens with zero attached hydrogens (tertiary/aromatic N) is 2. The van der Waals surface area contributed by atoms with E-state index in [1.807, 2.05) is 18.8 Å². The molecule has 0 N–H and O–H groups in total. The van der Waals surface area contributed by atoms with Crippen molar-refractivity contribution in [2.24, 2.45) is 10.9 Å². The molecule has 96 valence electrons. The molecule has 4 heteroatoms. The standard InChI is InChI=1S/C13H22N2OS/c1-13(2,3)15(4)12-14-11(16)9-7-5-6-8-10(9)17-12/h9-10H,5-8H2,1-4H3. The molecule has 0 aromatic heterocycles. The Labute approximate surface area is 108 Å². The zero-order valence-corrected chi connectivity index (χ0v) is 12.0. The maximum atomic E-state index is 12.0. The number of aliphatic imine (C=N–C) groups is 1. The normalized spacial score (nSPS) is 29.6. The first-order chi connectivity index (χ1) is 7.89. The molecule has 2 atom stereocenters. The van der Waals surface area contributed by atoms with Crippen LogP contribution in [-0.4, -0.2) is 33.8 Å². The van der Waals surface area contributed by atoms with Gasteiger partial charge < -0.3 is 4.90 Å². The number of amides is 1. The van der Waals surface area contributed by atoms with E-state index < -0.39 is 0 Å². The van der Waals surface area contributed by atoms with Crippen LogP contribution in [0.2, 0.25) is 0 Å². The summed E-state index contributed by atoms with van der Waals surface area (Å²) >= 11 is 1.81. The molecule has 1 amide bonds. The van der Waals surface area contributed by atoms with E-state index in [-0.39, 0.29) is 17.4 Å². The Balaban J connectivity index is 2.18. The van der Waals surface area contributed by atoms with E-state index in [0.29, 0.717) is 5.25 Å². The molecular formula is C13H22N2OS. The minimum absolute atomic E-state index is 0.0214. The first kappa shape index (κ1) is 12.9. The Hall–Kier alpha value is -0.510. The number of carbonyl (C=O) groups excluding carboxylic acids is 1. The van der Waals surface area contributed by atoms with Gasteiger partial charge >= 0.3 is 0 Å². The fourth-order valence-corrected chi connectivity index (χ4v) is 3.85. The van der Waals surface area contributed by atoms with Gasteiger partial charge in [-0.25, -0.2) is 0 Å². The summed E-state index contributed by atoms with van der Waals surface area (Å²) in [7, 11) is 2.03. The summed E-state index contributed by atoms with van der Waals surface area (Å²) in [6, 6.07) is 0. The second kappa shape index (κ2) is 4.63. The molecule has 1 aliphatic carbocycles. The molecule has 1 heterocycles. The van der Waals surface area contributed by atoms with Crippen LogP contribution in [0.3, 0.4) is 0 Å². The molecule has 0 radical (unpaired) electrons. The van der Waals surface area contributed by atoms with Crippen LogP contribution in [0, 0.1) is 5.92 Å². The predicted octanol–water partition coefficient (Wildman–Crippen LogP) is 2.90. The van der Waals surface area contributed by atoms with Gasteiger partial charge in [-0.05, 0) is 33.6 Å². The summed E-state index contributed by atoms with van der Waals surface area (Å²) in [5.41, 5.74) is 0.0214. The number of hydrogen-bond acceptors (Lipinski definition) is 3. The van der Waals surface area contributed by atoms with Gasteiger partial charge in [0.1, 0.15) is 0 Å². The number of fused-ring (bicyclic) bond motifs is 1. The van der Waals surface area contributed by atoms with Gasteiger partial charge in [0.05, 0.1) is 5.92 Å². The summed E-state index contributed by atoms with van der Waals surface area (Å²) in [6.07, 6.45) is 4.64. The Bertz CT molecular complexity index is 346. The van der Waals surface area contributed by atoms with E-state index in [9.17, 15) is 4.79 Å². The second-order valence-electron chi connectivity index (χ2n) is 6.01. The lowest BCUT2D eigenvalue weighted by molar-refractivity contribution is -0.122. The van der Waals surface area contributed by atoms with Crippen molar-refractivity contribution in [3.63, 3.8) is 0 Å². The molecule has 1 fully saturated rings. The summed E-state index contributed by atoms with van der Waals surface area (Å²) in [6.45, 7) is 6.44. The van der Waals surface area contributed by atoms with Crippen molar-refractivity contribution in [2.45, 2.75) is 57.2 Å². The SMILES string of the molecule is CN(C1=NC(=O)C2CCCCC2S1)C(C)(C)C. The average Bonchev–Trinajstić information content (AvgIpc) is 2.27. The molecule has 3 nitrogen and oxygen atoms in total. The van der Waals surface area contributed by atoms with Crippen molar-refractivity contribution >= 4 is 22.8 Å². The minimum atomic E-state index is 0.0214. The van der Waals surface area contributed by atoms with Crippen LogP contribution in [0.25, 0.3) is 0 Å². The van der Waals surface area contributed by atoms with Crippen molar-refractivity contribution in [1.82, 2.24) is 4.90 Å². The number of amidine groups is 1. The molecule has 0 saturated heterocycles. The lowest BCUT2D eigenvalue weighted by Crippen LogP contribution is -2.45. The van der Waals surface area contributed by atoms with E-state index in [1.165, 1.54) is 12.8 Å². The molecule has 2 aliphatic rings. The summed E-state index contributed by atoms with van der Waals surface area (Å²) in [4.78, 5) is 18.5. The van der Waals surface area contributed by atoms with E-state index in [4.69, 9.17) is 0 Å². The van der Waals surface area contributed by atoms with Crippen LogP contribution in [0.15, 0.2) is 4.99 Å². The number of thioether (sulfide) groups is 1. The molecular weight excluding hydrogens is 232 g/mol. The van der Waals surface area contributed by atoms with Crippen LogP contribution in [0.4, 0.5) is 0 Å². The molecule has 1 saturated carbocycles. The maximum Gasteiger partial charge on any atom is 0.252 e. The largest absolute Gasteiger partial charge is 0.349 e. The van der Waals surface area contributed by atoms with Gasteiger partial charge in [0, 0.05) is 17.8 Å². The highest BCUT2D eigenvalue weighted by molar-refractivity contribution is 8.14. The maximum absolute atomic E-state index is 12.0. The minimum Gasteiger partial charge on any atom is -0.349 e. The first-order valence-corrected chi connectivity index (χ1v) is 7.30. The van der Waals surface area contributed by atoms with Crippen molar-refractivity contribution in [1.29, 1.82) is 0 Å². The monoisotopic (exact) mass is 254 g/mol. The van der Waals surface area contributed by atoms with Gasteiger partial charge in [-0.15, -0.1) is 0 Å². The number of hydrogen-bond donors (Lipinski definition) is 0. The van der Waals surface area contributed by atoms with Crippen LogP contribution in [-0.2, 0) is 4.79 Å². The third kappa shape index (κ3) is 2.67. The first-order valence-electron chi connectivity index (χ1n) is 6.42. The molecule has 0 aromatic rings. The average molecular weight is 254 g/mol. The highest BCUT2D eigenvalue weighted by Gasteiger charge is 2.38. The molecule has 17 heavy (non-hydrogen) atoms. The topological polar surface area (TPSA) is 32.7 Å². The zero-order chi connectivity index (χ0) is 12.6. The van der Waals surface area contributed by atoms with Crippen LogP contribution in [0.1, 0.15) is 46.5 Å². The van der Waals surface area contributed by atoms with Gasteiger partial charge in [0.2, 0.25) is 0 Å². The molecule has 1 aliphatic heterocycles. The van der Waals surface area contributed by atoms with E-state index in [1.54, 1.807) is 0 Å². The molecule has 0 aromatic carbocycles. The second-order valence-corrected chi connectivity index (χ2v) is 7.22. The lowest BCUT2D eigenvalue weighted by atomic mass is 9.88. The van der Waals surface area contributed by atoms with Gasteiger partial charge in [-0.3, -0.25) is 4.79 Å². The van der Waals surface area contributed by atoms with Crippen LogP contribution >= 0.6 is 11.8 Å². The Kier molecular flexibility index (Phi) is 3.53. The molecule has 0 bridgehead atoms. The van der Waals surface area contributed by atoms with Crippen molar-refractivity contribution in [2.75, 3.05) is 7.05 Å². The molecule has 0 spiro atoms. The fourth-order valence-electron chi connectivity index (χ4n) is 2.30. The van der Waals surface area contributed by atoms with E-state index in [2.05, 4.69) is 30.7 Å². The molecule has 2 rings (SSSR count). The van der Waals surface area contributed by atoms with Crippen LogP contribution < -0.4 is 0 Å². The lowest BCUT2D eigenvalue weighted by Gasteiger charge is -2.39. The van der Waals surface area contributed by atoms with Gasteiger partial charge in [-0.2, -0.15) is 4.99 Å². The summed E-state index contributed by atoms with van der Waals surface area (Å²) in [5.74, 6) is 0.297. The third-order valence-corrected chi connectivity index (χ3v) is 5.22. The molecule has 2 unspecified atom stereocenters. The van der Waals surface area contributed by atoms with Gasteiger partial charge in [-0.1, -0.05) is 24.6 Å². The van der Waals surface area contributed by atoms with Crippen molar-refractivity contribution < 1.29 is 4.79 Å². The van der Waals surface area contributed by atoms with Crippen molar-refractivity contribution in [3.05, 3.63) is 0 Å². The smallest absolute Gasteiger partial charge is 0.252 e. The quantitative estimate of drug-likeness (QED) is 0.666. The predicted molar refractivity (Wildman–Crippen MR) is 73.3 cm³/mol. The van der Waals surface area contributed by atoms with Gasteiger partial charge in [0.15, 0.2) is 5.17 Å². The Morgan fingerprint density at radius 2 is 1.94 bits per heavy atom. The van der Waals surface area contributed by atoms with E-state index >= 15 is 0 Å². The number of carbonyl (C=O) groups is 1. The highest BCUT2D eigenvalue weighted by atomic mass is 32.2. The zero-order valence-electron chi connectivity index (χ0n) is 11.2. The Morgan fingerprint density at radius 1 is 1.29 bits per heavy atom. The summed E-state index contributed by atoms with van der Waals surface area (Å²) in [5, 5.41) is 1.37. The van der Waals surface area contributed by atoms with Crippen molar-refractivity contribution in [3.8, 4) is 0 Å². The summed E-state index contributed by atoms with van der Waals surface area (Å²) < 4.78 is 0. The number of rotatable bonds is 0. The third-order valence-electron chi connectivity index (χ3n) is 3.78. The van der Waals surface area contributed by atoms with Gasteiger partial charge in [0.25, 0.3) is 5.91 Å². The Morgan fingerprint density at radius 3 is 2.59 bits per heavy atom. The van der Waals surface area contributed by atoms with Crippen LogP contribution in [0.5, 0.6) is 0 Å². The highest BCUT2D eigenvalue weighted by Crippen LogP contribution is 2.39. The van der Waals surface area contributed by atoms with E-state index in [0.717, 1.165) is 18.0 Å². The fraction of sp³-hybridized carbons (Fsp3) is 0.846.